The number of nitrogens with zero attached hydrogens (tertiary/aromatic N) is 5. The van der Waals surface area contributed by atoms with Gasteiger partial charge in [-0.05, 0) is 84.7 Å². The lowest BCUT2D eigenvalue weighted by Crippen LogP contribution is -2.40. The van der Waals surface area contributed by atoms with E-state index in [-0.39, 0.29) is 5.04 Å². The minimum atomic E-state index is -1.84. The highest BCUT2D eigenvalue weighted by molar-refractivity contribution is 6.74. The third-order valence-electron chi connectivity index (χ3n) is 7.36. The van der Waals surface area contributed by atoms with Gasteiger partial charge < -0.3 is 10.2 Å². The first kappa shape index (κ1) is 25.8. The van der Waals surface area contributed by atoms with Gasteiger partial charge in [0.1, 0.15) is 11.3 Å². The first-order valence-corrected chi connectivity index (χ1v) is 15.7. The number of aromatic nitrogens is 5. The average Bonchev–Trinajstić information content (AvgIpc) is 3.26. The zero-order valence-electron chi connectivity index (χ0n) is 22.9. The van der Waals surface area contributed by atoms with Gasteiger partial charge in [-0.3, -0.25) is 9.55 Å². The Balaban J connectivity index is 1.60. The van der Waals surface area contributed by atoms with Crippen molar-refractivity contribution in [2.75, 3.05) is 5.73 Å². The molecular formula is C30H34N6OSi. The molecule has 4 heterocycles. The van der Waals surface area contributed by atoms with Gasteiger partial charge in [-0.25, -0.2) is 15.0 Å². The summed E-state index contributed by atoms with van der Waals surface area (Å²) in [7, 11) is -1.84. The van der Waals surface area contributed by atoms with Crippen LogP contribution in [0.1, 0.15) is 31.9 Å². The van der Waals surface area contributed by atoms with Crippen LogP contribution in [-0.4, -0.2) is 32.8 Å². The van der Waals surface area contributed by atoms with Crippen LogP contribution < -0.4 is 5.73 Å². The van der Waals surface area contributed by atoms with Crippen LogP contribution in [0.25, 0.3) is 39.6 Å². The molecule has 0 aliphatic heterocycles. The van der Waals surface area contributed by atoms with Crippen molar-refractivity contribution in [2.45, 2.75) is 52.4 Å². The average molecular weight is 523 g/mol. The van der Waals surface area contributed by atoms with Gasteiger partial charge in [-0.1, -0.05) is 32.9 Å². The topological polar surface area (TPSA) is 91.7 Å². The van der Waals surface area contributed by atoms with Crippen LogP contribution in [0.4, 0.5) is 5.82 Å². The van der Waals surface area contributed by atoms with Gasteiger partial charge in [-0.15, -0.1) is 0 Å². The molecule has 0 aliphatic rings. The van der Waals surface area contributed by atoms with Crippen molar-refractivity contribution in [3.05, 3.63) is 84.2 Å². The molecule has 0 unspecified atom stereocenters. The third kappa shape index (κ3) is 4.97. The van der Waals surface area contributed by atoms with Crippen molar-refractivity contribution in [1.82, 2.24) is 24.5 Å². The maximum absolute atomic E-state index is 6.44. The van der Waals surface area contributed by atoms with E-state index in [9.17, 15) is 0 Å². The minimum absolute atomic E-state index is 0.163. The maximum atomic E-state index is 6.44. The van der Waals surface area contributed by atoms with Crippen LogP contribution >= 0.6 is 0 Å². The fourth-order valence-corrected chi connectivity index (χ4v) is 4.99. The molecule has 5 aromatic rings. The second-order valence-corrected chi connectivity index (χ2v) is 16.0. The van der Waals surface area contributed by atoms with Gasteiger partial charge in [0, 0.05) is 18.1 Å². The number of nitrogen functional groups attached to an aromatic ring is 1. The van der Waals surface area contributed by atoms with E-state index >= 15 is 0 Å². The van der Waals surface area contributed by atoms with Crippen molar-refractivity contribution >= 4 is 25.3 Å². The van der Waals surface area contributed by atoms with Gasteiger partial charge in [0.2, 0.25) is 0 Å². The number of imidazole rings is 1. The van der Waals surface area contributed by atoms with E-state index < -0.39 is 8.32 Å². The predicted molar refractivity (Wildman–Crippen MR) is 156 cm³/mol. The zero-order valence-corrected chi connectivity index (χ0v) is 23.9. The highest BCUT2D eigenvalue weighted by Gasteiger charge is 2.37. The van der Waals surface area contributed by atoms with Crippen LogP contribution in [-0.2, 0) is 11.0 Å². The molecule has 0 saturated carbocycles. The second kappa shape index (κ2) is 9.77. The largest absolute Gasteiger partial charge is 0.413 e. The molecule has 7 nitrogen and oxygen atoms in total. The van der Waals surface area contributed by atoms with Gasteiger partial charge >= 0.3 is 0 Å². The van der Waals surface area contributed by atoms with E-state index in [0.29, 0.717) is 18.2 Å². The Morgan fingerprint density at radius 1 is 0.895 bits per heavy atom. The van der Waals surface area contributed by atoms with Crippen molar-refractivity contribution in [1.29, 1.82) is 0 Å². The first-order chi connectivity index (χ1) is 18.0. The summed E-state index contributed by atoms with van der Waals surface area (Å²) >= 11 is 0. The van der Waals surface area contributed by atoms with E-state index in [2.05, 4.69) is 68.1 Å². The molecule has 194 valence electrons. The number of benzene rings is 1. The molecule has 0 aliphatic carbocycles. The Hall–Kier alpha value is -3.88. The Labute approximate surface area is 224 Å². The van der Waals surface area contributed by atoms with Crippen LogP contribution in [0.15, 0.2) is 73.1 Å². The fraction of sp³-hybridized carbons (Fsp3) is 0.267. The van der Waals surface area contributed by atoms with E-state index in [0.717, 1.165) is 44.9 Å². The van der Waals surface area contributed by atoms with E-state index in [4.69, 9.17) is 20.1 Å². The Kier molecular flexibility index (Phi) is 6.62. The number of rotatable bonds is 6. The van der Waals surface area contributed by atoms with Gasteiger partial charge in [0.25, 0.3) is 0 Å². The minimum Gasteiger partial charge on any atom is -0.413 e. The van der Waals surface area contributed by atoms with Gasteiger partial charge in [0.05, 0.1) is 23.6 Å². The molecule has 0 radical (unpaired) electrons. The number of nitrogens with two attached hydrogens (primary N) is 1. The zero-order chi connectivity index (χ0) is 27.1. The standard InChI is InChI=1S/C30H34N6OSi/c1-20-15-17-32-26(18-20)24-13-14-25-29(34-24)36(28(35-25)23-8-7-16-33-27(23)31)22-11-9-21(10-12-22)19-37-38(5,6)30(2,3)4/h7-18H,19H2,1-6H3,(H2,31,33). The fourth-order valence-electron chi connectivity index (χ4n) is 4.03. The van der Waals surface area contributed by atoms with Crippen LogP contribution in [0, 0.1) is 6.92 Å². The summed E-state index contributed by atoms with van der Waals surface area (Å²) in [5.74, 6) is 1.11. The summed E-state index contributed by atoms with van der Waals surface area (Å²) in [6, 6.07) is 20.1. The Morgan fingerprint density at radius 2 is 1.66 bits per heavy atom. The van der Waals surface area contributed by atoms with Gasteiger partial charge in [-0.2, -0.15) is 0 Å². The Bertz CT molecular complexity index is 1600. The molecule has 4 aromatic heterocycles. The quantitative estimate of drug-likeness (QED) is 0.242. The maximum Gasteiger partial charge on any atom is 0.192 e. The summed E-state index contributed by atoms with van der Waals surface area (Å²) in [4.78, 5) is 18.8. The lowest BCUT2D eigenvalue weighted by atomic mass is 10.2. The summed E-state index contributed by atoms with van der Waals surface area (Å²) in [6.07, 6.45) is 3.49. The highest BCUT2D eigenvalue weighted by Crippen LogP contribution is 2.37. The van der Waals surface area contributed by atoms with Crippen molar-refractivity contribution < 1.29 is 4.43 Å². The molecule has 0 amide bonds. The number of hydrogen-bond acceptors (Lipinski definition) is 6. The normalized spacial score (nSPS) is 12.3. The number of fused-ring (bicyclic) bond motifs is 1. The molecule has 0 spiro atoms. The molecule has 2 N–H and O–H groups in total. The summed E-state index contributed by atoms with van der Waals surface area (Å²) in [6.45, 7) is 14.0. The van der Waals surface area contributed by atoms with Gasteiger partial charge in [0.15, 0.2) is 19.8 Å². The van der Waals surface area contributed by atoms with E-state index in [1.165, 1.54) is 0 Å². The third-order valence-corrected chi connectivity index (χ3v) is 11.8. The van der Waals surface area contributed by atoms with E-state index in [1.54, 1.807) is 12.4 Å². The Morgan fingerprint density at radius 3 is 2.34 bits per heavy atom. The molecule has 8 heteroatoms. The van der Waals surface area contributed by atoms with Crippen molar-refractivity contribution in [2.24, 2.45) is 0 Å². The highest BCUT2D eigenvalue weighted by atomic mass is 28.4. The first-order valence-electron chi connectivity index (χ1n) is 12.8. The molecule has 0 saturated heterocycles. The van der Waals surface area contributed by atoms with Crippen molar-refractivity contribution in [3.8, 4) is 28.5 Å². The molecule has 38 heavy (non-hydrogen) atoms. The van der Waals surface area contributed by atoms with Crippen molar-refractivity contribution in [3.63, 3.8) is 0 Å². The molecular weight excluding hydrogens is 488 g/mol. The number of anilines is 1. The SMILES string of the molecule is Cc1ccnc(-c2ccc3nc(-c4cccnc4N)n(-c4ccc(CO[Si](C)(C)C(C)(C)C)cc4)c3n2)c1. The monoisotopic (exact) mass is 522 g/mol. The van der Waals surface area contributed by atoms with Crippen LogP contribution in [0.3, 0.4) is 0 Å². The number of hydrogen-bond donors (Lipinski definition) is 1. The summed E-state index contributed by atoms with van der Waals surface area (Å²) in [5.41, 5.74) is 13.3. The molecule has 0 fully saturated rings. The molecule has 5 rings (SSSR count). The number of pyridine rings is 3. The lowest BCUT2D eigenvalue weighted by molar-refractivity contribution is 0.276. The molecule has 1 aromatic carbocycles. The van der Waals surface area contributed by atoms with Crippen LogP contribution in [0.5, 0.6) is 0 Å². The molecule has 0 bridgehead atoms. The molecule has 0 atom stereocenters. The smallest absolute Gasteiger partial charge is 0.192 e. The second-order valence-electron chi connectivity index (χ2n) is 11.2. The number of aryl methyl sites for hydroxylation is 1. The lowest BCUT2D eigenvalue weighted by Gasteiger charge is -2.36. The van der Waals surface area contributed by atoms with E-state index in [1.807, 2.05) is 47.9 Å². The predicted octanol–water partition coefficient (Wildman–Crippen LogP) is 6.96. The summed E-state index contributed by atoms with van der Waals surface area (Å²) < 4.78 is 8.48. The van der Waals surface area contributed by atoms with Crippen LogP contribution in [0.2, 0.25) is 18.1 Å². The summed E-state index contributed by atoms with van der Waals surface area (Å²) in [5, 5.41) is 0.163.